The topological polar surface area (TPSA) is 58.2 Å². The van der Waals surface area contributed by atoms with Gasteiger partial charge in [0.2, 0.25) is 11.8 Å². The van der Waals surface area contributed by atoms with Crippen LogP contribution < -0.4 is 10.6 Å². The molecule has 0 spiro atoms. The van der Waals surface area contributed by atoms with Crippen molar-refractivity contribution in [3.8, 4) is 0 Å². The van der Waals surface area contributed by atoms with Gasteiger partial charge in [0.1, 0.15) is 0 Å². The molecule has 1 aromatic rings. The zero-order chi connectivity index (χ0) is 17.2. The highest BCUT2D eigenvalue weighted by molar-refractivity contribution is 8.01. The molecular weight excluding hydrogens is 320 g/mol. The highest BCUT2D eigenvalue weighted by Crippen LogP contribution is 2.36. The second kappa shape index (κ2) is 10.4. The molecule has 0 bridgehead atoms. The Morgan fingerprint density at radius 2 is 1.83 bits per heavy atom. The predicted molar refractivity (Wildman–Crippen MR) is 100 cm³/mol. The van der Waals surface area contributed by atoms with Crippen molar-refractivity contribution < 1.29 is 9.59 Å². The number of rotatable bonds is 10. The van der Waals surface area contributed by atoms with Crippen molar-refractivity contribution in [2.24, 2.45) is 0 Å². The van der Waals surface area contributed by atoms with Gasteiger partial charge in [-0.15, -0.1) is 11.8 Å². The molecule has 24 heavy (non-hydrogen) atoms. The molecule has 0 saturated heterocycles. The van der Waals surface area contributed by atoms with Gasteiger partial charge in [0.05, 0.1) is 10.9 Å². The van der Waals surface area contributed by atoms with Crippen LogP contribution in [0.1, 0.15) is 58.3 Å². The van der Waals surface area contributed by atoms with Gasteiger partial charge in [0.15, 0.2) is 0 Å². The molecule has 2 amide bonds. The number of hydrogen-bond donors (Lipinski definition) is 2. The normalized spacial score (nSPS) is 16.4. The molecule has 0 saturated carbocycles. The highest BCUT2D eigenvalue weighted by atomic mass is 32.2. The summed E-state index contributed by atoms with van der Waals surface area (Å²) >= 11 is 1.48. The lowest BCUT2D eigenvalue weighted by Gasteiger charge is -2.23. The number of amides is 2. The fourth-order valence-electron chi connectivity index (χ4n) is 2.78. The van der Waals surface area contributed by atoms with Crippen LogP contribution in [0, 0.1) is 0 Å². The second-order valence-electron chi connectivity index (χ2n) is 6.27. The van der Waals surface area contributed by atoms with Crippen LogP contribution in [0.15, 0.2) is 29.2 Å². The van der Waals surface area contributed by atoms with E-state index in [4.69, 9.17) is 0 Å². The molecule has 0 aromatic heterocycles. The average Bonchev–Trinajstić information content (AvgIpc) is 2.58. The van der Waals surface area contributed by atoms with Gasteiger partial charge in [-0.05, 0) is 18.6 Å². The molecule has 1 heterocycles. The summed E-state index contributed by atoms with van der Waals surface area (Å²) in [6.07, 6.45) is 8.86. The number of fused-ring (bicyclic) bond motifs is 1. The molecule has 1 aliphatic heterocycles. The van der Waals surface area contributed by atoms with Gasteiger partial charge in [-0.2, -0.15) is 0 Å². The van der Waals surface area contributed by atoms with Gasteiger partial charge in [0, 0.05) is 17.9 Å². The van der Waals surface area contributed by atoms with Crippen LogP contribution in [-0.4, -0.2) is 23.6 Å². The number of para-hydroxylation sites is 1. The number of thioether (sulfide) groups is 1. The van der Waals surface area contributed by atoms with Gasteiger partial charge >= 0.3 is 0 Å². The first-order chi connectivity index (χ1) is 11.7. The molecule has 0 aliphatic carbocycles. The number of unbranched alkanes of at least 4 members (excludes halogenated alkanes) is 6. The molecule has 1 atom stereocenters. The Balaban J connectivity index is 1.62. The van der Waals surface area contributed by atoms with Crippen LogP contribution in [0.25, 0.3) is 0 Å². The first-order valence-corrected chi connectivity index (χ1v) is 9.92. The summed E-state index contributed by atoms with van der Waals surface area (Å²) in [6, 6.07) is 7.70. The number of carbonyl (C=O) groups excluding carboxylic acids is 2. The summed E-state index contributed by atoms with van der Waals surface area (Å²) in [7, 11) is 0. The van der Waals surface area contributed by atoms with E-state index in [-0.39, 0.29) is 23.5 Å². The Kier molecular flexibility index (Phi) is 8.16. The average molecular weight is 349 g/mol. The van der Waals surface area contributed by atoms with E-state index in [1.54, 1.807) is 0 Å². The minimum atomic E-state index is -0.339. The van der Waals surface area contributed by atoms with Crippen molar-refractivity contribution in [2.45, 2.75) is 68.4 Å². The van der Waals surface area contributed by atoms with Gasteiger partial charge in [-0.3, -0.25) is 9.59 Å². The fourth-order valence-corrected chi connectivity index (χ4v) is 3.89. The van der Waals surface area contributed by atoms with Crippen molar-refractivity contribution in [2.75, 3.05) is 11.9 Å². The molecule has 0 fully saturated rings. The van der Waals surface area contributed by atoms with E-state index in [1.807, 2.05) is 24.3 Å². The molecule has 5 heteroatoms. The van der Waals surface area contributed by atoms with E-state index >= 15 is 0 Å². The van der Waals surface area contributed by atoms with Crippen LogP contribution >= 0.6 is 11.8 Å². The van der Waals surface area contributed by atoms with Gasteiger partial charge < -0.3 is 10.6 Å². The fraction of sp³-hybridized carbons (Fsp3) is 0.579. The van der Waals surface area contributed by atoms with E-state index in [9.17, 15) is 9.59 Å². The molecule has 0 radical (unpaired) electrons. The van der Waals surface area contributed by atoms with Crippen molar-refractivity contribution in [3.63, 3.8) is 0 Å². The molecule has 2 N–H and O–H groups in total. The first kappa shape index (κ1) is 18.8. The lowest BCUT2D eigenvalue weighted by atomic mass is 10.1. The third-order valence-corrected chi connectivity index (χ3v) is 5.46. The largest absolute Gasteiger partial charge is 0.356 e. The van der Waals surface area contributed by atoms with Gasteiger partial charge in [-0.1, -0.05) is 57.6 Å². The SMILES string of the molecule is CCCCCCCCCNC(=O)CC1Sc2ccccc2NC1=O. The van der Waals surface area contributed by atoms with Crippen molar-refractivity contribution in [1.29, 1.82) is 0 Å². The Labute approximate surface area is 149 Å². The summed E-state index contributed by atoms with van der Waals surface area (Å²) in [4.78, 5) is 25.2. The molecule has 1 aliphatic rings. The number of anilines is 1. The Bertz CT molecular complexity index is 548. The predicted octanol–water partition coefficient (Wildman–Crippen LogP) is 4.36. The lowest BCUT2D eigenvalue weighted by Crippen LogP contribution is -2.35. The number of carbonyl (C=O) groups is 2. The van der Waals surface area contributed by atoms with Crippen LogP contribution in [-0.2, 0) is 9.59 Å². The summed E-state index contributed by atoms with van der Waals surface area (Å²) in [5, 5.41) is 5.48. The molecule has 4 nitrogen and oxygen atoms in total. The van der Waals surface area contributed by atoms with Crippen LogP contribution in [0.2, 0.25) is 0 Å². The van der Waals surface area contributed by atoms with E-state index in [0.29, 0.717) is 6.54 Å². The molecule has 2 rings (SSSR count). The Morgan fingerprint density at radius 1 is 1.12 bits per heavy atom. The second-order valence-corrected chi connectivity index (χ2v) is 7.51. The zero-order valence-corrected chi connectivity index (χ0v) is 15.3. The number of benzene rings is 1. The van der Waals surface area contributed by atoms with Crippen molar-refractivity contribution in [3.05, 3.63) is 24.3 Å². The quantitative estimate of drug-likeness (QED) is 0.618. The minimum Gasteiger partial charge on any atom is -0.356 e. The van der Waals surface area contributed by atoms with Crippen molar-refractivity contribution in [1.82, 2.24) is 5.32 Å². The van der Waals surface area contributed by atoms with Gasteiger partial charge in [-0.25, -0.2) is 0 Å². The lowest BCUT2D eigenvalue weighted by molar-refractivity contribution is -0.124. The molecular formula is C19H28N2O2S. The minimum absolute atomic E-state index is 0.0342. The van der Waals surface area contributed by atoms with E-state index < -0.39 is 0 Å². The smallest absolute Gasteiger partial charge is 0.238 e. The number of nitrogens with one attached hydrogen (secondary N) is 2. The summed E-state index contributed by atoms with van der Waals surface area (Å²) < 4.78 is 0. The monoisotopic (exact) mass is 348 g/mol. The zero-order valence-electron chi connectivity index (χ0n) is 14.5. The maximum atomic E-state index is 12.1. The first-order valence-electron chi connectivity index (χ1n) is 9.04. The van der Waals surface area contributed by atoms with Crippen LogP contribution in [0.4, 0.5) is 5.69 Å². The van der Waals surface area contributed by atoms with Crippen LogP contribution in [0.5, 0.6) is 0 Å². The molecule has 1 unspecified atom stereocenters. The Morgan fingerprint density at radius 3 is 2.62 bits per heavy atom. The van der Waals surface area contributed by atoms with Crippen LogP contribution in [0.3, 0.4) is 0 Å². The van der Waals surface area contributed by atoms with E-state index in [1.165, 1.54) is 43.9 Å². The Hall–Kier alpha value is -1.49. The highest BCUT2D eigenvalue weighted by Gasteiger charge is 2.28. The van der Waals surface area contributed by atoms with Gasteiger partial charge in [0.25, 0.3) is 0 Å². The third kappa shape index (κ3) is 6.19. The number of hydrogen-bond acceptors (Lipinski definition) is 3. The van der Waals surface area contributed by atoms with E-state index in [0.717, 1.165) is 23.4 Å². The maximum absolute atomic E-state index is 12.1. The summed E-state index contributed by atoms with van der Waals surface area (Å²) in [5.41, 5.74) is 0.840. The summed E-state index contributed by atoms with van der Waals surface area (Å²) in [6.45, 7) is 2.93. The molecule has 132 valence electrons. The van der Waals surface area contributed by atoms with E-state index in [2.05, 4.69) is 17.6 Å². The standard InChI is InChI=1S/C19H28N2O2S/c1-2-3-4-5-6-7-10-13-20-18(22)14-17-19(23)21-15-11-8-9-12-16(15)24-17/h8-9,11-12,17H,2-7,10,13-14H2,1H3,(H,20,22)(H,21,23). The molecule has 1 aromatic carbocycles. The third-order valence-electron chi connectivity index (χ3n) is 4.18. The maximum Gasteiger partial charge on any atom is 0.238 e. The van der Waals surface area contributed by atoms with Crippen molar-refractivity contribution >= 4 is 29.3 Å². The summed E-state index contributed by atoms with van der Waals surface area (Å²) in [5.74, 6) is -0.113.